The summed E-state index contributed by atoms with van der Waals surface area (Å²) in [7, 11) is -1.52. The molecule has 0 unspecified atom stereocenters. The van der Waals surface area contributed by atoms with Gasteiger partial charge in [-0.2, -0.15) is 0 Å². The Balaban J connectivity index is 1.58. The second-order valence-corrected chi connectivity index (χ2v) is 16.3. The number of nitrogens with zero attached hydrogens (tertiary/aromatic N) is 2. The molecular formula is C28H28N2SSi. The lowest BCUT2D eigenvalue weighted by molar-refractivity contribution is 0.724. The van der Waals surface area contributed by atoms with Crippen LogP contribution in [0.1, 0.15) is 37.2 Å². The first-order chi connectivity index (χ1) is 15.5. The van der Waals surface area contributed by atoms with Gasteiger partial charge in [0, 0.05) is 15.6 Å². The highest BCUT2D eigenvalue weighted by atomic mass is 32.1. The third kappa shape index (κ3) is 3.28. The Labute approximate surface area is 194 Å². The van der Waals surface area contributed by atoms with E-state index < -0.39 is 8.07 Å². The van der Waals surface area contributed by atoms with Gasteiger partial charge in [0.15, 0.2) is 0 Å². The van der Waals surface area contributed by atoms with Gasteiger partial charge in [0.2, 0.25) is 0 Å². The Morgan fingerprint density at radius 3 is 2.50 bits per heavy atom. The number of rotatable bonds is 3. The fraction of sp³-hybridized carbons (Fsp3) is 0.286. The fourth-order valence-electron chi connectivity index (χ4n) is 5.38. The molecule has 0 radical (unpaired) electrons. The van der Waals surface area contributed by atoms with Gasteiger partial charge in [-0.1, -0.05) is 80.1 Å². The third-order valence-electron chi connectivity index (χ3n) is 7.05. The third-order valence-corrected chi connectivity index (χ3v) is 10.2. The Morgan fingerprint density at radius 2 is 1.69 bits per heavy atom. The van der Waals surface area contributed by atoms with Gasteiger partial charge in [-0.25, -0.2) is 9.97 Å². The molecule has 0 amide bonds. The average Bonchev–Trinajstić information content (AvgIpc) is 3.45. The molecule has 4 heteroatoms. The molecule has 2 heterocycles. The maximum atomic E-state index is 4.82. The molecular weight excluding hydrogens is 424 g/mol. The number of hydrogen-bond acceptors (Lipinski definition) is 3. The Kier molecular flexibility index (Phi) is 4.70. The van der Waals surface area contributed by atoms with Gasteiger partial charge < -0.3 is 0 Å². The quantitative estimate of drug-likeness (QED) is 0.260. The molecule has 2 aromatic heterocycles. The average molecular weight is 453 g/mol. The van der Waals surface area contributed by atoms with Gasteiger partial charge in [-0.15, -0.1) is 11.3 Å². The summed E-state index contributed by atoms with van der Waals surface area (Å²) in [6.07, 6.45) is 7.15. The number of thiophene rings is 1. The standard InChI is InChI=1S/C28H28N2SSi/c1-32(2,3)25-16-21(14-20-10-6-7-11-22(20)25)26-28-27(30-17-29-26)23-13-12-19(15-24(23)31-28)18-8-4-5-9-18/h6-7,10-18H,4-5,8-9H2,1-3H3. The predicted octanol–water partition coefficient (Wildman–Crippen LogP) is 7.87. The Hall–Kier alpha value is -2.56. The SMILES string of the molecule is C[Si](C)(C)c1cc(-c2ncnc3c2sc2cc(C4CCCC4)ccc23)cc2ccccc12. The number of aromatic nitrogens is 2. The molecule has 6 rings (SSSR count). The Bertz CT molecular complexity index is 1470. The van der Waals surface area contributed by atoms with Crippen molar-refractivity contribution in [3.05, 3.63) is 66.5 Å². The van der Waals surface area contributed by atoms with E-state index in [1.54, 1.807) is 6.33 Å². The molecule has 0 aliphatic heterocycles. The zero-order valence-electron chi connectivity index (χ0n) is 19.0. The van der Waals surface area contributed by atoms with E-state index in [1.807, 2.05) is 11.3 Å². The maximum absolute atomic E-state index is 4.82. The maximum Gasteiger partial charge on any atom is 0.116 e. The van der Waals surface area contributed by atoms with Crippen LogP contribution in [0, 0.1) is 0 Å². The topological polar surface area (TPSA) is 25.8 Å². The van der Waals surface area contributed by atoms with Crippen LogP contribution in [-0.2, 0) is 0 Å². The molecule has 1 fully saturated rings. The predicted molar refractivity (Wildman–Crippen MR) is 142 cm³/mol. The summed E-state index contributed by atoms with van der Waals surface area (Å²) in [5, 5.41) is 5.46. The molecule has 1 aliphatic rings. The largest absolute Gasteiger partial charge is 0.235 e. The van der Waals surface area contributed by atoms with Gasteiger partial charge >= 0.3 is 0 Å². The molecule has 0 N–H and O–H groups in total. The number of fused-ring (bicyclic) bond motifs is 4. The second kappa shape index (κ2) is 7.50. The van der Waals surface area contributed by atoms with E-state index in [0.717, 1.165) is 17.1 Å². The minimum Gasteiger partial charge on any atom is -0.235 e. The van der Waals surface area contributed by atoms with Crippen molar-refractivity contribution < 1.29 is 0 Å². The van der Waals surface area contributed by atoms with Crippen LogP contribution in [0.4, 0.5) is 0 Å². The lowest BCUT2D eigenvalue weighted by Gasteiger charge is -2.21. The first kappa shape index (κ1) is 20.1. The first-order valence-electron chi connectivity index (χ1n) is 11.7. The van der Waals surface area contributed by atoms with Crippen molar-refractivity contribution in [3.63, 3.8) is 0 Å². The monoisotopic (exact) mass is 452 g/mol. The minimum atomic E-state index is -1.52. The summed E-state index contributed by atoms with van der Waals surface area (Å²) in [6.45, 7) is 7.29. The molecule has 1 saturated carbocycles. The fourth-order valence-corrected chi connectivity index (χ4v) is 8.22. The molecule has 0 saturated heterocycles. The number of benzene rings is 3. The molecule has 32 heavy (non-hydrogen) atoms. The summed E-state index contributed by atoms with van der Waals surface area (Å²) in [5.74, 6) is 0.731. The second-order valence-electron chi connectivity index (χ2n) is 10.2. The van der Waals surface area contributed by atoms with Crippen LogP contribution in [0.25, 0.3) is 42.3 Å². The van der Waals surface area contributed by atoms with E-state index in [-0.39, 0.29) is 0 Å². The highest BCUT2D eigenvalue weighted by Gasteiger charge is 2.22. The van der Waals surface area contributed by atoms with Crippen LogP contribution in [0.5, 0.6) is 0 Å². The van der Waals surface area contributed by atoms with E-state index in [0.29, 0.717) is 0 Å². The zero-order chi connectivity index (χ0) is 21.9. The Morgan fingerprint density at radius 1 is 0.875 bits per heavy atom. The molecule has 0 bridgehead atoms. The van der Waals surface area contributed by atoms with Gasteiger partial charge in [0.25, 0.3) is 0 Å². The van der Waals surface area contributed by atoms with Crippen molar-refractivity contribution in [2.75, 3.05) is 0 Å². The molecule has 5 aromatic rings. The molecule has 1 aliphatic carbocycles. The number of hydrogen-bond donors (Lipinski definition) is 0. The summed E-state index contributed by atoms with van der Waals surface area (Å²) in [6, 6.07) is 20.6. The smallest absolute Gasteiger partial charge is 0.116 e. The summed E-state index contributed by atoms with van der Waals surface area (Å²) < 4.78 is 2.56. The van der Waals surface area contributed by atoms with Gasteiger partial charge in [-0.3, -0.25) is 0 Å². The molecule has 0 atom stereocenters. The van der Waals surface area contributed by atoms with E-state index in [4.69, 9.17) is 9.97 Å². The van der Waals surface area contributed by atoms with Crippen molar-refractivity contribution in [2.24, 2.45) is 0 Å². The highest BCUT2D eigenvalue weighted by Crippen LogP contribution is 2.41. The summed E-state index contributed by atoms with van der Waals surface area (Å²) >= 11 is 1.86. The van der Waals surface area contributed by atoms with Crippen LogP contribution in [0.3, 0.4) is 0 Å². The van der Waals surface area contributed by atoms with Gasteiger partial charge in [0.1, 0.15) is 6.33 Å². The van der Waals surface area contributed by atoms with Crippen LogP contribution in [-0.4, -0.2) is 18.0 Å². The van der Waals surface area contributed by atoms with Crippen LogP contribution >= 0.6 is 11.3 Å². The van der Waals surface area contributed by atoms with Crippen LogP contribution in [0.2, 0.25) is 19.6 Å². The molecule has 0 spiro atoms. The van der Waals surface area contributed by atoms with Crippen molar-refractivity contribution in [2.45, 2.75) is 51.2 Å². The molecule has 3 aromatic carbocycles. The highest BCUT2D eigenvalue weighted by molar-refractivity contribution is 7.26. The van der Waals surface area contributed by atoms with Crippen molar-refractivity contribution >= 4 is 55.7 Å². The summed E-state index contributed by atoms with van der Waals surface area (Å²) in [5.41, 5.74) is 4.89. The van der Waals surface area contributed by atoms with E-state index in [9.17, 15) is 0 Å². The zero-order valence-corrected chi connectivity index (χ0v) is 20.8. The lowest BCUT2D eigenvalue weighted by Crippen LogP contribution is -2.38. The van der Waals surface area contributed by atoms with Crippen molar-refractivity contribution in [3.8, 4) is 11.3 Å². The van der Waals surface area contributed by atoms with E-state index in [1.165, 1.54) is 67.6 Å². The molecule has 160 valence electrons. The lowest BCUT2D eigenvalue weighted by atomic mass is 9.97. The van der Waals surface area contributed by atoms with Gasteiger partial charge in [-0.05, 0) is 47.2 Å². The van der Waals surface area contributed by atoms with Crippen LogP contribution < -0.4 is 5.19 Å². The molecule has 2 nitrogen and oxygen atoms in total. The van der Waals surface area contributed by atoms with Crippen molar-refractivity contribution in [1.29, 1.82) is 0 Å². The van der Waals surface area contributed by atoms with Crippen molar-refractivity contribution in [1.82, 2.24) is 9.97 Å². The normalized spacial score (nSPS) is 15.3. The first-order valence-corrected chi connectivity index (χ1v) is 16.0. The van der Waals surface area contributed by atoms with E-state index >= 15 is 0 Å². The summed E-state index contributed by atoms with van der Waals surface area (Å²) in [4.78, 5) is 9.54. The van der Waals surface area contributed by atoms with Crippen LogP contribution in [0.15, 0.2) is 60.9 Å². The van der Waals surface area contributed by atoms with Gasteiger partial charge in [0.05, 0.1) is 24.0 Å². The van der Waals surface area contributed by atoms with E-state index in [2.05, 4.69) is 74.2 Å². The minimum absolute atomic E-state index is 0.731.